The molecular formula is C21H25NO5. The SMILES string of the molecule is Cc1cc([C@]23O[C@H]4COC(C)(C)O[C@@H]4[C@@H]2OC(C)(C)O3)nc2ccccc12. The Morgan fingerprint density at radius 1 is 1.00 bits per heavy atom. The summed E-state index contributed by atoms with van der Waals surface area (Å²) in [6, 6.07) is 10.1. The van der Waals surface area contributed by atoms with Crippen LogP contribution in [-0.4, -0.2) is 41.5 Å². The maximum absolute atomic E-state index is 6.44. The van der Waals surface area contributed by atoms with Gasteiger partial charge in [0.15, 0.2) is 11.6 Å². The predicted molar refractivity (Wildman–Crippen MR) is 98.0 cm³/mol. The highest BCUT2D eigenvalue weighted by atomic mass is 16.9. The summed E-state index contributed by atoms with van der Waals surface area (Å²) in [4.78, 5) is 4.88. The number of benzene rings is 1. The van der Waals surface area contributed by atoms with E-state index >= 15 is 0 Å². The second-order valence-corrected chi connectivity index (χ2v) is 8.50. The number of rotatable bonds is 1. The van der Waals surface area contributed by atoms with Gasteiger partial charge in [0.25, 0.3) is 0 Å². The Morgan fingerprint density at radius 3 is 2.59 bits per heavy atom. The second kappa shape index (κ2) is 5.49. The number of nitrogens with zero attached hydrogens (tertiary/aromatic N) is 1. The lowest BCUT2D eigenvalue weighted by atomic mass is 9.98. The second-order valence-electron chi connectivity index (χ2n) is 8.50. The zero-order valence-corrected chi connectivity index (χ0v) is 16.3. The molecule has 3 fully saturated rings. The fourth-order valence-electron chi connectivity index (χ4n) is 4.39. The van der Waals surface area contributed by atoms with Crippen LogP contribution in [0.3, 0.4) is 0 Å². The molecule has 6 heteroatoms. The van der Waals surface area contributed by atoms with Crippen molar-refractivity contribution in [1.29, 1.82) is 0 Å². The fraction of sp³-hybridized carbons (Fsp3) is 0.571. The molecule has 0 radical (unpaired) electrons. The van der Waals surface area contributed by atoms with Crippen molar-refractivity contribution < 1.29 is 23.7 Å². The van der Waals surface area contributed by atoms with Crippen molar-refractivity contribution in [2.24, 2.45) is 0 Å². The molecule has 3 saturated heterocycles. The number of hydrogen-bond donors (Lipinski definition) is 0. The Morgan fingerprint density at radius 2 is 1.78 bits per heavy atom. The molecule has 3 aliphatic heterocycles. The number of para-hydroxylation sites is 1. The fourth-order valence-corrected chi connectivity index (χ4v) is 4.39. The van der Waals surface area contributed by atoms with E-state index < -0.39 is 23.5 Å². The van der Waals surface area contributed by atoms with Gasteiger partial charge in [0.1, 0.15) is 24.0 Å². The van der Waals surface area contributed by atoms with Crippen LogP contribution in [-0.2, 0) is 29.5 Å². The molecule has 0 aliphatic carbocycles. The van der Waals surface area contributed by atoms with E-state index in [-0.39, 0.29) is 12.2 Å². The molecule has 6 nitrogen and oxygen atoms in total. The van der Waals surface area contributed by atoms with Gasteiger partial charge < -0.3 is 23.7 Å². The molecule has 4 atom stereocenters. The molecule has 3 aliphatic rings. The monoisotopic (exact) mass is 371 g/mol. The van der Waals surface area contributed by atoms with E-state index in [1.165, 1.54) is 0 Å². The van der Waals surface area contributed by atoms with Gasteiger partial charge >= 0.3 is 0 Å². The summed E-state index contributed by atoms with van der Waals surface area (Å²) < 4.78 is 31.1. The smallest absolute Gasteiger partial charge is 0.245 e. The van der Waals surface area contributed by atoms with E-state index in [1.807, 2.05) is 52.0 Å². The highest BCUT2D eigenvalue weighted by molar-refractivity contribution is 5.82. The highest BCUT2D eigenvalue weighted by Crippen LogP contribution is 2.53. The third-order valence-corrected chi connectivity index (χ3v) is 5.47. The number of fused-ring (bicyclic) bond motifs is 4. The number of aromatic nitrogens is 1. The average molecular weight is 371 g/mol. The minimum Gasteiger partial charge on any atom is -0.348 e. The Balaban J connectivity index is 1.65. The first kappa shape index (κ1) is 17.5. The van der Waals surface area contributed by atoms with E-state index in [0.717, 1.165) is 16.5 Å². The van der Waals surface area contributed by atoms with Gasteiger partial charge in [-0.3, -0.25) is 0 Å². The first-order valence-electron chi connectivity index (χ1n) is 9.44. The van der Waals surface area contributed by atoms with Crippen molar-refractivity contribution in [2.75, 3.05) is 6.61 Å². The van der Waals surface area contributed by atoms with E-state index in [1.54, 1.807) is 0 Å². The third-order valence-electron chi connectivity index (χ3n) is 5.47. The average Bonchev–Trinajstić information content (AvgIpc) is 3.02. The van der Waals surface area contributed by atoms with E-state index in [0.29, 0.717) is 12.3 Å². The minimum absolute atomic E-state index is 0.271. The molecule has 2 aromatic rings. The minimum atomic E-state index is -1.11. The largest absolute Gasteiger partial charge is 0.348 e. The number of hydrogen-bond acceptors (Lipinski definition) is 6. The summed E-state index contributed by atoms with van der Waals surface area (Å²) in [6.45, 7) is 10.1. The molecule has 144 valence electrons. The molecule has 1 aromatic heterocycles. The van der Waals surface area contributed by atoms with Crippen LogP contribution >= 0.6 is 0 Å². The van der Waals surface area contributed by atoms with Crippen molar-refractivity contribution in [1.82, 2.24) is 4.98 Å². The Labute approximate surface area is 158 Å². The van der Waals surface area contributed by atoms with Gasteiger partial charge in [0, 0.05) is 5.39 Å². The maximum atomic E-state index is 6.44. The van der Waals surface area contributed by atoms with Gasteiger partial charge in [0.05, 0.1) is 12.1 Å². The predicted octanol–water partition coefficient (Wildman–Crippen LogP) is 3.40. The van der Waals surface area contributed by atoms with Crippen LogP contribution in [0.5, 0.6) is 0 Å². The van der Waals surface area contributed by atoms with Crippen LogP contribution in [0.4, 0.5) is 0 Å². The van der Waals surface area contributed by atoms with Crippen LogP contribution in [0, 0.1) is 6.92 Å². The van der Waals surface area contributed by atoms with Crippen molar-refractivity contribution in [3.63, 3.8) is 0 Å². The summed E-state index contributed by atoms with van der Waals surface area (Å²) in [5.41, 5.74) is 2.74. The van der Waals surface area contributed by atoms with Crippen LogP contribution in [0.25, 0.3) is 10.9 Å². The lowest BCUT2D eigenvalue weighted by molar-refractivity contribution is -0.330. The molecule has 27 heavy (non-hydrogen) atoms. The van der Waals surface area contributed by atoms with Crippen LogP contribution in [0.1, 0.15) is 39.0 Å². The molecule has 5 rings (SSSR count). The van der Waals surface area contributed by atoms with Crippen molar-refractivity contribution in [3.05, 3.63) is 41.6 Å². The summed E-state index contributed by atoms with van der Waals surface area (Å²) in [7, 11) is 0. The molecule has 1 aromatic carbocycles. The third kappa shape index (κ3) is 2.62. The van der Waals surface area contributed by atoms with Crippen molar-refractivity contribution in [2.45, 2.75) is 70.3 Å². The summed E-state index contributed by atoms with van der Waals surface area (Å²) >= 11 is 0. The summed E-state index contributed by atoms with van der Waals surface area (Å²) in [5.74, 6) is -2.61. The molecule has 0 N–H and O–H groups in total. The Bertz CT molecular complexity index is 911. The lowest BCUT2D eigenvalue weighted by Crippen LogP contribution is -2.51. The lowest BCUT2D eigenvalue weighted by Gasteiger charge is -2.38. The zero-order chi connectivity index (χ0) is 19.0. The van der Waals surface area contributed by atoms with Gasteiger partial charge in [-0.1, -0.05) is 18.2 Å². The standard InChI is InChI=1S/C21H25NO5/c1-12-10-16(22-14-9-7-6-8-13(12)14)21-18(26-20(4,5)27-21)17-15(24-21)11-23-19(2,3)25-17/h6-10,15,17-18H,11H2,1-5H3/t15-,17-,18-,21+/m0/s1. The molecular weight excluding hydrogens is 346 g/mol. The molecule has 0 saturated carbocycles. The van der Waals surface area contributed by atoms with Crippen molar-refractivity contribution >= 4 is 10.9 Å². The van der Waals surface area contributed by atoms with E-state index in [4.69, 9.17) is 28.7 Å². The highest BCUT2D eigenvalue weighted by Gasteiger charge is 2.68. The van der Waals surface area contributed by atoms with Crippen LogP contribution in [0.15, 0.2) is 30.3 Å². The van der Waals surface area contributed by atoms with Crippen molar-refractivity contribution in [3.8, 4) is 0 Å². The summed E-state index contributed by atoms with van der Waals surface area (Å²) in [6.07, 6.45) is -0.981. The van der Waals surface area contributed by atoms with Gasteiger partial charge in [0.2, 0.25) is 5.79 Å². The van der Waals surface area contributed by atoms with Crippen LogP contribution < -0.4 is 0 Å². The van der Waals surface area contributed by atoms with Gasteiger partial charge in [-0.25, -0.2) is 4.98 Å². The topological polar surface area (TPSA) is 59.0 Å². The zero-order valence-electron chi connectivity index (χ0n) is 16.3. The quantitative estimate of drug-likeness (QED) is 0.766. The normalized spacial score (nSPS) is 36.6. The maximum Gasteiger partial charge on any atom is 0.245 e. The molecule has 0 amide bonds. The molecule has 0 unspecified atom stereocenters. The number of pyridine rings is 1. The Hall–Kier alpha value is -1.57. The summed E-state index contributed by atoms with van der Waals surface area (Å²) in [5, 5.41) is 1.11. The molecule has 4 heterocycles. The first-order chi connectivity index (χ1) is 12.7. The van der Waals surface area contributed by atoms with Gasteiger partial charge in [-0.05, 0) is 52.3 Å². The number of ether oxygens (including phenoxy) is 5. The van der Waals surface area contributed by atoms with Gasteiger partial charge in [-0.2, -0.15) is 0 Å². The molecule has 0 bridgehead atoms. The van der Waals surface area contributed by atoms with E-state index in [9.17, 15) is 0 Å². The van der Waals surface area contributed by atoms with Gasteiger partial charge in [-0.15, -0.1) is 0 Å². The Kier molecular flexibility index (Phi) is 3.56. The number of aryl methyl sites for hydroxylation is 1. The van der Waals surface area contributed by atoms with E-state index in [2.05, 4.69) is 13.0 Å². The molecule has 0 spiro atoms. The first-order valence-corrected chi connectivity index (χ1v) is 9.44. The van der Waals surface area contributed by atoms with Crippen LogP contribution in [0.2, 0.25) is 0 Å².